The predicted octanol–water partition coefficient (Wildman–Crippen LogP) is 4.61. The van der Waals surface area contributed by atoms with Crippen LogP contribution in [0, 0.1) is 11.3 Å². The average Bonchev–Trinajstić information content (AvgIpc) is 2.61. The molecule has 0 bridgehead atoms. The molecule has 1 saturated heterocycles. The van der Waals surface area contributed by atoms with Crippen molar-refractivity contribution in [3.05, 3.63) is 41.6 Å². The van der Waals surface area contributed by atoms with Crippen LogP contribution in [0.5, 0.6) is 0 Å². The fraction of sp³-hybridized carbons (Fsp3) is 0.500. The Labute approximate surface area is 161 Å². The van der Waals surface area contributed by atoms with Gasteiger partial charge in [0.1, 0.15) is 5.82 Å². The molecule has 2 heterocycles. The molecule has 2 aliphatic rings. The first kappa shape index (κ1) is 18.0. The minimum atomic E-state index is -0.0606. The molecule has 1 aromatic heterocycles. The van der Waals surface area contributed by atoms with E-state index < -0.39 is 0 Å². The summed E-state index contributed by atoms with van der Waals surface area (Å²) < 4.78 is 0. The van der Waals surface area contributed by atoms with Crippen LogP contribution in [0.1, 0.15) is 56.1 Å². The molecule has 4 rings (SSSR count). The zero-order valence-electron chi connectivity index (χ0n) is 16.5. The van der Waals surface area contributed by atoms with E-state index in [9.17, 15) is 4.79 Å². The molecule has 142 valence electrons. The number of para-hydroxylation sites is 1. The minimum Gasteiger partial charge on any atom is -0.340 e. The van der Waals surface area contributed by atoms with Crippen LogP contribution >= 0.6 is 0 Å². The number of benzene rings is 1. The van der Waals surface area contributed by atoms with E-state index in [2.05, 4.69) is 31.0 Å². The van der Waals surface area contributed by atoms with Crippen LogP contribution in [0.2, 0.25) is 0 Å². The first-order chi connectivity index (χ1) is 12.9. The van der Waals surface area contributed by atoms with Crippen molar-refractivity contribution in [1.82, 2.24) is 9.97 Å². The van der Waals surface area contributed by atoms with Gasteiger partial charge in [-0.2, -0.15) is 4.98 Å². The van der Waals surface area contributed by atoms with Crippen LogP contribution in [0.4, 0.5) is 17.5 Å². The van der Waals surface area contributed by atoms with Crippen molar-refractivity contribution in [2.45, 2.75) is 46.5 Å². The van der Waals surface area contributed by atoms with Gasteiger partial charge in [0.2, 0.25) is 5.95 Å². The lowest BCUT2D eigenvalue weighted by Gasteiger charge is -2.34. The molecule has 1 aliphatic carbocycles. The third-order valence-corrected chi connectivity index (χ3v) is 5.51. The molecule has 0 amide bonds. The van der Waals surface area contributed by atoms with E-state index in [0.29, 0.717) is 23.7 Å². The van der Waals surface area contributed by atoms with Crippen molar-refractivity contribution in [3.63, 3.8) is 0 Å². The monoisotopic (exact) mass is 364 g/mol. The Bertz CT molecular complexity index is 847. The third-order valence-electron chi connectivity index (χ3n) is 5.51. The minimum absolute atomic E-state index is 0.0606. The van der Waals surface area contributed by atoms with Gasteiger partial charge in [-0.05, 0) is 42.7 Å². The second-order valence-corrected chi connectivity index (χ2v) is 8.82. The Morgan fingerprint density at radius 2 is 1.93 bits per heavy atom. The maximum absolute atomic E-state index is 12.9. The van der Waals surface area contributed by atoms with Gasteiger partial charge in [-0.1, -0.05) is 39.0 Å². The van der Waals surface area contributed by atoms with Crippen molar-refractivity contribution >= 4 is 23.2 Å². The summed E-state index contributed by atoms with van der Waals surface area (Å²) in [5.74, 6) is 2.18. The van der Waals surface area contributed by atoms with Gasteiger partial charge in [0.25, 0.3) is 0 Å². The number of hydrogen-bond donors (Lipinski definition) is 1. The van der Waals surface area contributed by atoms with Gasteiger partial charge >= 0.3 is 0 Å². The van der Waals surface area contributed by atoms with E-state index in [1.54, 1.807) is 0 Å². The van der Waals surface area contributed by atoms with Crippen molar-refractivity contribution in [2.24, 2.45) is 11.3 Å². The van der Waals surface area contributed by atoms with Gasteiger partial charge in [-0.15, -0.1) is 0 Å². The number of nitrogens with zero attached hydrogens (tertiary/aromatic N) is 3. The number of rotatable bonds is 3. The Morgan fingerprint density at radius 1 is 1.15 bits per heavy atom. The third kappa shape index (κ3) is 3.82. The van der Waals surface area contributed by atoms with Crippen molar-refractivity contribution in [2.75, 3.05) is 23.3 Å². The van der Waals surface area contributed by atoms with Crippen LogP contribution in [0.25, 0.3) is 0 Å². The van der Waals surface area contributed by atoms with Crippen LogP contribution in [-0.4, -0.2) is 28.8 Å². The number of carbonyl (C=O) groups excluding carboxylic acids is 1. The second kappa shape index (κ2) is 6.95. The van der Waals surface area contributed by atoms with Crippen LogP contribution < -0.4 is 10.2 Å². The summed E-state index contributed by atoms with van der Waals surface area (Å²) in [5, 5.41) is 3.38. The van der Waals surface area contributed by atoms with E-state index >= 15 is 0 Å². The summed E-state index contributed by atoms with van der Waals surface area (Å²) in [4.78, 5) is 24.9. The molecule has 0 saturated carbocycles. The van der Waals surface area contributed by atoms with Gasteiger partial charge in [-0.3, -0.25) is 4.79 Å². The molecular formula is C22H28N4O. The molecule has 5 heteroatoms. The zero-order valence-corrected chi connectivity index (χ0v) is 16.5. The van der Waals surface area contributed by atoms with Crippen molar-refractivity contribution in [3.8, 4) is 0 Å². The van der Waals surface area contributed by atoms with Crippen molar-refractivity contribution in [1.29, 1.82) is 0 Å². The molecule has 2 aromatic rings. The summed E-state index contributed by atoms with van der Waals surface area (Å²) in [6.45, 7) is 8.51. The lowest BCUT2D eigenvalue weighted by atomic mass is 9.75. The molecule has 0 radical (unpaired) electrons. The average molecular weight is 364 g/mol. The van der Waals surface area contributed by atoms with Crippen LogP contribution in [-0.2, 0) is 6.42 Å². The number of piperidine rings is 1. The van der Waals surface area contributed by atoms with Crippen LogP contribution in [0.15, 0.2) is 30.3 Å². The normalized spacial score (nSPS) is 21.7. The number of ketones is 1. The maximum atomic E-state index is 12.9. The van der Waals surface area contributed by atoms with Gasteiger partial charge < -0.3 is 10.2 Å². The Hall–Kier alpha value is -2.43. The standard InChI is InChI=1S/C22H28N4O/c1-15-8-7-11-26(14-15)21-24-17-12-22(2,3)13-18(27)19(17)20(25-21)23-16-9-5-4-6-10-16/h4-6,9-10,15H,7-8,11-14H2,1-3H3,(H,23,24,25). The molecule has 1 atom stereocenters. The van der Waals surface area contributed by atoms with E-state index in [0.717, 1.165) is 43.3 Å². The zero-order chi connectivity index (χ0) is 19.0. The Kier molecular flexibility index (Phi) is 4.62. The number of fused-ring (bicyclic) bond motifs is 1. The lowest BCUT2D eigenvalue weighted by Crippen LogP contribution is -2.37. The molecule has 5 nitrogen and oxygen atoms in total. The van der Waals surface area contributed by atoms with Gasteiger partial charge in [0, 0.05) is 25.2 Å². The van der Waals surface area contributed by atoms with Gasteiger partial charge in [0.15, 0.2) is 5.78 Å². The largest absolute Gasteiger partial charge is 0.340 e. The van der Waals surface area contributed by atoms with Gasteiger partial charge in [-0.25, -0.2) is 4.98 Å². The molecule has 0 spiro atoms. The number of anilines is 3. The Balaban J connectivity index is 1.78. The molecule has 1 unspecified atom stereocenters. The molecule has 1 aromatic carbocycles. The quantitative estimate of drug-likeness (QED) is 0.862. The number of carbonyl (C=O) groups is 1. The summed E-state index contributed by atoms with van der Waals surface area (Å²) in [5.41, 5.74) is 2.44. The highest BCUT2D eigenvalue weighted by molar-refractivity contribution is 6.03. The highest BCUT2D eigenvalue weighted by Gasteiger charge is 2.35. The fourth-order valence-corrected chi connectivity index (χ4v) is 4.22. The first-order valence-electron chi connectivity index (χ1n) is 9.92. The number of nitrogens with one attached hydrogen (secondary N) is 1. The molecule has 27 heavy (non-hydrogen) atoms. The summed E-state index contributed by atoms with van der Waals surface area (Å²) in [6, 6.07) is 9.93. The predicted molar refractivity (Wildman–Crippen MR) is 109 cm³/mol. The first-order valence-corrected chi connectivity index (χ1v) is 9.92. The van der Waals surface area contributed by atoms with Crippen molar-refractivity contribution < 1.29 is 4.79 Å². The van der Waals surface area contributed by atoms with E-state index in [-0.39, 0.29) is 11.2 Å². The summed E-state index contributed by atoms with van der Waals surface area (Å²) in [7, 11) is 0. The Morgan fingerprint density at radius 3 is 2.67 bits per heavy atom. The molecule has 1 aliphatic heterocycles. The second-order valence-electron chi connectivity index (χ2n) is 8.82. The molecule has 1 fully saturated rings. The topological polar surface area (TPSA) is 58.1 Å². The summed E-state index contributed by atoms with van der Waals surface area (Å²) in [6.07, 6.45) is 3.75. The number of Topliss-reactive ketones (excluding diaryl/α,β-unsaturated/α-hetero) is 1. The highest BCUT2D eigenvalue weighted by Crippen LogP contribution is 2.38. The number of hydrogen-bond acceptors (Lipinski definition) is 5. The lowest BCUT2D eigenvalue weighted by molar-refractivity contribution is 0.0911. The highest BCUT2D eigenvalue weighted by atomic mass is 16.1. The number of aromatic nitrogens is 2. The fourth-order valence-electron chi connectivity index (χ4n) is 4.22. The maximum Gasteiger partial charge on any atom is 0.227 e. The van der Waals surface area contributed by atoms with E-state index in [1.165, 1.54) is 6.42 Å². The molecular weight excluding hydrogens is 336 g/mol. The van der Waals surface area contributed by atoms with E-state index in [4.69, 9.17) is 9.97 Å². The summed E-state index contributed by atoms with van der Waals surface area (Å²) >= 11 is 0. The van der Waals surface area contributed by atoms with Gasteiger partial charge in [0.05, 0.1) is 11.3 Å². The van der Waals surface area contributed by atoms with E-state index in [1.807, 2.05) is 30.3 Å². The SMILES string of the molecule is CC1CCCN(c2nc3c(c(Nc4ccccc4)n2)C(=O)CC(C)(C)C3)C1. The molecule has 1 N–H and O–H groups in total. The van der Waals surface area contributed by atoms with Crippen LogP contribution in [0.3, 0.4) is 0 Å². The smallest absolute Gasteiger partial charge is 0.227 e.